The minimum absolute atomic E-state index is 0.0606. The molecule has 0 aliphatic carbocycles. The number of nitrogens with zero attached hydrogens (tertiary/aromatic N) is 3. The largest absolute Gasteiger partial charge is 0.480 e. The predicted octanol–water partition coefficient (Wildman–Crippen LogP) is 1.67. The average molecular weight is 239 g/mol. The van der Waals surface area contributed by atoms with Crippen LogP contribution in [0.4, 0.5) is 0 Å². The van der Waals surface area contributed by atoms with Crippen molar-refractivity contribution in [3.05, 3.63) is 18.0 Å². The molecule has 1 heterocycles. The van der Waals surface area contributed by atoms with E-state index in [1.54, 1.807) is 10.9 Å². The molecule has 0 saturated carbocycles. The Labute approximate surface area is 102 Å². The van der Waals surface area contributed by atoms with Gasteiger partial charge in [0, 0.05) is 30.9 Å². The maximum Gasteiger partial charge on any atom is 0.317 e. The first kappa shape index (κ1) is 13.7. The van der Waals surface area contributed by atoms with Crippen LogP contribution in [0.3, 0.4) is 0 Å². The molecule has 96 valence electrons. The number of aromatic nitrogens is 2. The molecule has 1 N–H and O–H groups in total. The molecule has 5 heteroatoms. The van der Waals surface area contributed by atoms with Crippen LogP contribution in [0, 0.1) is 0 Å². The van der Waals surface area contributed by atoms with Gasteiger partial charge >= 0.3 is 5.97 Å². The summed E-state index contributed by atoms with van der Waals surface area (Å²) in [6, 6.07) is 0.302. The van der Waals surface area contributed by atoms with E-state index in [1.165, 1.54) is 0 Å². The third-order valence-electron chi connectivity index (χ3n) is 3.18. The predicted molar refractivity (Wildman–Crippen MR) is 65.7 cm³/mol. The monoisotopic (exact) mass is 239 g/mol. The summed E-state index contributed by atoms with van der Waals surface area (Å²) in [5, 5.41) is 13.1. The van der Waals surface area contributed by atoms with Crippen molar-refractivity contribution in [3.63, 3.8) is 0 Å². The summed E-state index contributed by atoms with van der Waals surface area (Å²) in [6.07, 6.45) is 4.65. The summed E-state index contributed by atoms with van der Waals surface area (Å²) in [5.41, 5.74) is 1.05. The van der Waals surface area contributed by atoms with Gasteiger partial charge in [-0.1, -0.05) is 6.92 Å². The van der Waals surface area contributed by atoms with E-state index < -0.39 is 5.97 Å². The van der Waals surface area contributed by atoms with Gasteiger partial charge in [-0.3, -0.25) is 14.4 Å². The van der Waals surface area contributed by atoms with Gasteiger partial charge in [-0.15, -0.1) is 0 Å². The van der Waals surface area contributed by atoms with Gasteiger partial charge in [0.05, 0.1) is 12.7 Å². The van der Waals surface area contributed by atoms with Crippen LogP contribution < -0.4 is 0 Å². The van der Waals surface area contributed by atoms with Crippen LogP contribution in [0.1, 0.15) is 38.8 Å². The Morgan fingerprint density at radius 2 is 2.24 bits per heavy atom. The second-order valence-electron chi connectivity index (χ2n) is 4.45. The number of aryl methyl sites for hydroxylation is 1. The number of hydrogen-bond donors (Lipinski definition) is 1. The van der Waals surface area contributed by atoms with Crippen molar-refractivity contribution >= 4 is 5.97 Å². The first-order valence-electron chi connectivity index (χ1n) is 5.91. The van der Waals surface area contributed by atoms with Crippen molar-refractivity contribution in [2.75, 3.05) is 6.54 Å². The van der Waals surface area contributed by atoms with Crippen LogP contribution in [0.25, 0.3) is 0 Å². The number of carboxylic acid groups (broad SMARTS) is 1. The van der Waals surface area contributed by atoms with E-state index >= 15 is 0 Å². The Balaban J connectivity index is 2.85. The van der Waals surface area contributed by atoms with Gasteiger partial charge in [0.2, 0.25) is 0 Å². The summed E-state index contributed by atoms with van der Waals surface area (Å²) in [4.78, 5) is 12.9. The fourth-order valence-electron chi connectivity index (χ4n) is 1.91. The number of rotatable bonds is 6. The molecule has 1 aromatic rings. The zero-order chi connectivity index (χ0) is 13.0. The first-order chi connectivity index (χ1) is 7.95. The minimum atomic E-state index is -0.791. The third-order valence-corrected chi connectivity index (χ3v) is 3.18. The maximum absolute atomic E-state index is 10.9. The van der Waals surface area contributed by atoms with Gasteiger partial charge in [0.1, 0.15) is 0 Å². The number of carboxylic acids is 1. The molecule has 0 aliphatic heterocycles. The average Bonchev–Trinajstić information content (AvgIpc) is 2.70. The molecule has 17 heavy (non-hydrogen) atoms. The lowest BCUT2D eigenvalue weighted by Crippen LogP contribution is -2.38. The van der Waals surface area contributed by atoms with Gasteiger partial charge in [-0.05, 0) is 20.3 Å². The van der Waals surface area contributed by atoms with E-state index in [4.69, 9.17) is 5.11 Å². The molecule has 0 fully saturated rings. The fraction of sp³-hybridized carbons (Fsp3) is 0.667. The van der Waals surface area contributed by atoms with Gasteiger partial charge in [-0.2, -0.15) is 5.10 Å². The molecule has 2 unspecified atom stereocenters. The highest BCUT2D eigenvalue weighted by Gasteiger charge is 2.23. The number of aliphatic carboxylic acids is 1. The molecular formula is C12H21N3O2. The van der Waals surface area contributed by atoms with Crippen LogP contribution in [-0.2, 0) is 11.8 Å². The van der Waals surface area contributed by atoms with Crippen LogP contribution in [0.15, 0.2) is 12.4 Å². The molecule has 0 radical (unpaired) electrons. The Hall–Kier alpha value is -1.36. The Bertz CT molecular complexity index is 376. The lowest BCUT2D eigenvalue weighted by molar-refractivity contribution is -0.139. The second kappa shape index (κ2) is 5.82. The second-order valence-corrected chi connectivity index (χ2v) is 4.45. The molecule has 0 spiro atoms. The van der Waals surface area contributed by atoms with Crippen LogP contribution in [0.5, 0.6) is 0 Å². The number of carbonyl (C=O) groups is 1. The maximum atomic E-state index is 10.9. The van der Waals surface area contributed by atoms with E-state index in [-0.39, 0.29) is 18.6 Å². The normalized spacial score (nSPS) is 14.9. The summed E-state index contributed by atoms with van der Waals surface area (Å²) >= 11 is 0. The van der Waals surface area contributed by atoms with Crippen LogP contribution in [0.2, 0.25) is 0 Å². The SMILES string of the molecule is CCC(C)N(CC(=O)O)C(C)c1cnn(C)c1. The van der Waals surface area contributed by atoms with Crippen molar-refractivity contribution in [2.24, 2.45) is 7.05 Å². The summed E-state index contributed by atoms with van der Waals surface area (Å²) in [5.74, 6) is -0.791. The number of hydrogen-bond acceptors (Lipinski definition) is 3. The van der Waals surface area contributed by atoms with Crippen molar-refractivity contribution in [1.29, 1.82) is 0 Å². The lowest BCUT2D eigenvalue weighted by atomic mass is 10.1. The fourth-order valence-corrected chi connectivity index (χ4v) is 1.91. The van der Waals surface area contributed by atoms with Crippen molar-refractivity contribution in [1.82, 2.24) is 14.7 Å². The molecule has 0 amide bonds. The summed E-state index contributed by atoms with van der Waals surface area (Å²) in [6.45, 7) is 6.20. The van der Waals surface area contributed by atoms with Crippen molar-refractivity contribution in [3.8, 4) is 0 Å². The van der Waals surface area contributed by atoms with E-state index in [1.807, 2.05) is 25.1 Å². The molecule has 1 rings (SSSR count). The molecule has 0 aliphatic rings. The summed E-state index contributed by atoms with van der Waals surface area (Å²) < 4.78 is 1.74. The summed E-state index contributed by atoms with van der Waals surface area (Å²) in [7, 11) is 1.86. The van der Waals surface area contributed by atoms with Crippen LogP contribution in [-0.4, -0.2) is 38.3 Å². The highest BCUT2D eigenvalue weighted by atomic mass is 16.4. The van der Waals surface area contributed by atoms with Crippen LogP contribution >= 0.6 is 0 Å². The Morgan fingerprint density at radius 3 is 2.65 bits per heavy atom. The van der Waals surface area contributed by atoms with Crippen molar-refractivity contribution in [2.45, 2.75) is 39.3 Å². The van der Waals surface area contributed by atoms with Gasteiger partial charge in [0.15, 0.2) is 0 Å². The third kappa shape index (κ3) is 3.56. The molecule has 1 aromatic heterocycles. The zero-order valence-corrected chi connectivity index (χ0v) is 10.9. The molecule has 2 atom stereocenters. The van der Waals surface area contributed by atoms with E-state index in [0.29, 0.717) is 0 Å². The topological polar surface area (TPSA) is 58.4 Å². The molecule has 0 aromatic carbocycles. The van der Waals surface area contributed by atoms with E-state index in [0.717, 1.165) is 12.0 Å². The van der Waals surface area contributed by atoms with E-state index in [9.17, 15) is 4.79 Å². The minimum Gasteiger partial charge on any atom is -0.480 e. The Morgan fingerprint density at radius 1 is 1.59 bits per heavy atom. The standard InChI is InChI=1S/C12H21N3O2/c1-5-9(2)15(8-12(16)17)10(3)11-6-13-14(4)7-11/h6-7,9-10H,5,8H2,1-4H3,(H,16,17). The van der Waals surface area contributed by atoms with E-state index in [2.05, 4.69) is 18.9 Å². The highest BCUT2D eigenvalue weighted by molar-refractivity contribution is 5.69. The van der Waals surface area contributed by atoms with Gasteiger partial charge < -0.3 is 5.11 Å². The smallest absolute Gasteiger partial charge is 0.317 e. The molecular weight excluding hydrogens is 218 g/mol. The molecule has 0 bridgehead atoms. The molecule has 0 saturated heterocycles. The first-order valence-corrected chi connectivity index (χ1v) is 5.91. The molecule has 5 nitrogen and oxygen atoms in total. The quantitative estimate of drug-likeness (QED) is 0.820. The van der Waals surface area contributed by atoms with Gasteiger partial charge in [0.25, 0.3) is 0 Å². The van der Waals surface area contributed by atoms with Gasteiger partial charge in [-0.25, -0.2) is 0 Å². The highest BCUT2D eigenvalue weighted by Crippen LogP contribution is 2.22. The Kier molecular flexibility index (Phi) is 4.69. The lowest BCUT2D eigenvalue weighted by Gasteiger charge is -2.32. The zero-order valence-electron chi connectivity index (χ0n) is 10.9. The van der Waals surface area contributed by atoms with Crippen molar-refractivity contribution < 1.29 is 9.90 Å².